The first-order chi connectivity index (χ1) is 9.69. The third kappa shape index (κ3) is 3.99. The van der Waals surface area contributed by atoms with Gasteiger partial charge >= 0.3 is 0 Å². The summed E-state index contributed by atoms with van der Waals surface area (Å²) in [5, 5.41) is 2.77. The van der Waals surface area contributed by atoms with Crippen molar-refractivity contribution in [2.75, 3.05) is 19.0 Å². The summed E-state index contributed by atoms with van der Waals surface area (Å²) in [5.41, 5.74) is 0.718. The van der Waals surface area contributed by atoms with Crippen LogP contribution < -0.4 is 14.8 Å². The molecule has 0 heterocycles. The monoisotopic (exact) mass is 335 g/mol. The van der Waals surface area contributed by atoms with E-state index in [9.17, 15) is 4.79 Å². The molecule has 0 aromatic heterocycles. The van der Waals surface area contributed by atoms with Gasteiger partial charge in [0, 0.05) is 4.47 Å². The Morgan fingerprint density at radius 2 is 1.75 bits per heavy atom. The summed E-state index contributed by atoms with van der Waals surface area (Å²) in [4.78, 5) is 11.8. The topological polar surface area (TPSA) is 47.6 Å². The lowest BCUT2D eigenvalue weighted by molar-refractivity contribution is -0.118. The van der Waals surface area contributed by atoms with Crippen molar-refractivity contribution in [3.8, 4) is 11.5 Å². The number of anilines is 1. The van der Waals surface area contributed by atoms with E-state index < -0.39 is 0 Å². The summed E-state index contributed by atoms with van der Waals surface area (Å²) in [6.45, 7) is -0.0480. The molecule has 20 heavy (non-hydrogen) atoms. The van der Waals surface area contributed by atoms with Crippen LogP contribution >= 0.6 is 15.9 Å². The Hall–Kier alpha value is -2.01. The highest BCUT2D eigenvalue weighted by atomic mass is 79.9. The van der Waals surface area contributed by atoms with Gasteiger partial charge in [0.15, 0.2) is 6.61 Å². The normalized spacial score (nSPS) is 9.90. The molecule has 0 aliphatic carbocycles. The molecule has 4 nitrogen and oxygen atoms in total. The van der Waals surface area contributed by atoms with Gasteiger partial charge in [-0.3, -0.25) is 4.79 Å². The van der Waals surface area contributed by atoms with Crippen molar-refractivity contribution >= 4 is 27.5 Å². The molecule has 2 aromatic rings. The molecule has 0 spiro atoms. The van der Waals surface area contributed by atoms with Crippen molar-refractivity contribution < 1.29 is 14.3 Å². The summed E-state index contributed by atoms with van der Waals surface area (Å²) in [6, 6.07) is 14.5. The van der Waals surface area contributed by atoms with E-state index in [0.717, 1.165) is 15.9 Å². The molecule has 104 valence electrons. The minimum atomic E-state index is -0.215. The van der Waals surface area contributed by atoms with Gasteiger partial charge in [-0.2, -0.15) is 0 Å². The number of hydrogen-bond acceptors (Lipinski definition) is 3. The van der Waals surface area contributed by atoms with Crippen LogP contribution in [0.5, 0.6) is 11.5 Å². The predicted octanol–water partition coefficient (Wildman–Crippen LogP) is 3.48. The molecule has 0 fully saturated rings. The Bertz CT molecular complexity index is 584. The quantitative estimate of drug-likeness (QED) is 0.909. The number of ether oxygens (including phenoxy) is 2. The second kappa shape index (κ2) is 6.96. The summed E-state index contributed by atoms with van der Waals surface area (Å²) in [6.07, 6.45) is 0. The molecule has 1 N–H and O–H groups in total. The van der Waals surface area contributed by atoms with Crippen LogP contribution in [-0.4, -0.2) is 19.6 Å². The average Bonchev–Trinajstić information content (AvgIpc) is 2.48. The Morgan fingerprint density at radius 3 is 2.40 bits per heavy atom. The molecule has 1 amide bonds. The summed E-state index contributed by atoms with van der Waals surface area (Å²) >= 11 is 3.37. The number of rotatable bonds is 5. The molecule has 0 bridgehead atoms. The highest BCUT2D eigenvalue weighted by Crippen LogP contribution is 2.21. The minimum Gasteiger partial charge on any atom is -0.497 e. The van der Waals surface area contributed by atoms with Gasteiger partial charge in [-0.05, 0) is 52.3 Å². The third-order valence-electron chi connectivity index (χ3n) is 2.58. The lowest BCUT2D eigenvalue weighted by atomic mass is 10.3. The largest absolute Gasteiger partial charge is 0.497 e. The number of halogens is 1. The van der Waals surface area contributed by atoms with E-state index >= 15 is 0 Å². The van der Waals surface area contributed by atoms with Crippen molar-refractivity contribution in [2.45, 2.75) is 0 Å². The Balaban J connectivity index is 1.87. The van der Waals surface area contributed by atoms with Crippen LogP contribution in [0.4, 0.5) is 5.69 Å². The highest BCUT2D eigenvalue weighted by molar-refractivity contribution is 9.10. The number of benzene rings is 2. The third-order valence-corrected chi connectivity index (χ3v) is 3.27. The van der Waals surface area contributed by atoms with Gasteiger partial charge < -0.3 is 14.8 Å². The first-order valence-electron chi connectivity index (χ1n) is 6.00. The second-order valence-corrected chi connectivity index (χ2v) is 4.85. The molecule has 0 unspecified atom stereocenters. The van der Waals surface area contributed by atoms with Crippen LogP contribution in [0.15, 0.2) is 53.0 Å². The van der Waals surface area contributed by atoms with Gasteiger partial charge in [0.1, 0.15) is 11.5 Å². The van der Waals surface area contributed by atoms with Crippen molar-refractivity contribution in [3.63, 3.8) is 0 Å². The zero-order valence-electron chi connectivity index (χ0n) is 10.9. The van der Waals surface area contributed by atoms with E-state index in [0.29, 0.717) is 5.75 Å². The van der Waals surface area contributed by atoms with E-state index in [-0.39, 0.29) is 12.5 Å². The van der Waals surface area contributed by atoms with Gasteiger partial charge in [0.05, 0.1) is 12.8 Å². The van der Waals surface area contributed by atoms with Crippen LogP contribution in [0.3, 0.4) is 0 Å². The molecule has 0 aliphatic rings. The first-order valence-corrected chi connectivity index (χ1v) is 6.79. The molecular formula is C15H14BrNO3. The lowest BCUT2D eigenvalue weighted by Gasteiger charge is -2.09. The Kier molecular flexibility index (Phi) is 5.01. The smallest absolute Gasteiger partial charge is 0.262 e. The van der Waals surface area contributed by atoms with Crippen LogP contribution in [0.2, 0.25) is 0 Å². The second-order valence-electron chi connectivity index (χ2n) is 3.99. The van der Waals surface area contributed by atoms with Crippen molar-refractivity contribution in [1.29, 1.82) is 0 Å². The number of carbonyl (C=O) groups excluding carboxylic acids is 1. The van der Waals surface area contributed by atoms with Gasteiger partial charge in [-0.25, -0.2) is 0 Å². The molecular weight excluding hydrogens is 322 g/mol. The molecule has 0 radical (unpaired) electrons. The number of para-hydroxylation sites is 1. The zero-order chi connectivity index (χ0) is 14.4. The first kappa shape index (κ1) is 14.4. The fourth-order valence-corrected chi connectivity index (χ4v) is 1.95. The van der Waals surface area contributed by atoms with E-state index in [1.165, 1.54) is 0 Å². The molecule has 0 saturated heterocycles. The number of hydrogen-bond donors (Lipinski definition) is 1. The molecule has 2 rings (SSSR count). The molecule has 2 aromatic carbocycles. The van der Waals surface area contributed by atoms with Crippen LogP contribution in [0.25, 0.3) is 0 Å². The number of nitrogens with one attached hydrogen (secondary N) is 1. The van der Waals surface area contributed by atoms with Gasteiger partial charge in [0.2, 0.25) is 0 Å². The van der Waals surface area contributed by atoms with E-state index in [2.05, 4.69) is 21.2 Å². The maximum absolute atomic E-state index is 11.8. The van der Waals surface area contributed by atoms with Gasteiger partial charge in [-0.15, -0.1) is 0 Å². The van der Waals surface area contributed by atoms with E-state index in [1.807, 2.05) is 24.3 Å². The lowest BCUT2D eigenvalue weighted by Crippen LogP contribution is -2.20. The average molecular weight is 336 g/mol. The maximum atomic E-state index is 11.8. The molecule has 5 heteroatoms. The molecule has 0 aliphatic heterocycles. The summed E-state index contributed by atoms with van der Waals surface area (Å²) in [7, 11) is 1.60. The fourth-order valence-electron chi connectivity index (χ4n) is 1.57. The minimum absolute atomic E-state index is 0.0480. The summed E-state index contributed by atoms with van der Waals surface area (Å²) < 4.78 is 11.3. The van der Waals surface area contributed by atoms with Gasteiger partial charge in [0.25, 0.3) is 5.91 Å². The molecule has 0 saturated carbocycles. The van der Waals surface area contributed by atoms with Crippen LogP contribution in [0, 0.1) is 0 Å². The zero-order valence-corrected chi connectivity index (χ0v) is 12.5. The van der Waals surface area contributed by atoms with E-state index in [1.54, 1.807) is 31.4 Å². The predicted molar refractivity (Wildman–Crippen MR) is 81.3 cm³/mol. The van der Waals surface area contributed by atoms with Crippen molar-refractivity contribution in [1.82, 2.24) is 0 Å². The van der Waals surface area contributed by atoms with Crippen LogP contribution in [0.1, 0.15) is 0 Å². The van der Waals surface area contributed by atoms with Gasteiger partial charge in [-0.1, -0.05) is 12.1 Å². The van der Waals surface area contributed by atoms with Crippen molar-refractivity contribution in [2.24, 2.45) is 0 Å². The summed E-state index contributed by atoms with van der Waals surface area (Å²) in [5.74, 6) is 1.15. The fraction of sp³-hybridized carbons (Fsp3) is 0.133. The number of methoxy groups -OCH3 is 1. The SMILES string of the molecule is COc1ccc(OCC(=O)Nc2ccccc2Br)cc1. The Labute approximate surface area is 125 Å². The Morgan fingerprint density at radius 1 is 1.10 bits per heavy atom. The molecule has 0 atom stereocenters. The standard InChI is InChI=1S/C15H14BrNO3/c1-19-11-6-8-12(9-7-11)20-10-15(18)17-14-5-3-2-4-13(14)16/h2-9H,10H2,1H3,(H,17,18). The van der Waals surface area contributed by atoms with Crippen LogP contribution in [-0.2, 0) is 4.79 Å². The number of carbonyl (C=O) groups is 1. The van der Waals surface area contributed by atoms with Crippen molar-refractivity contribution in [3.05, 3.63) is 53.0 Å². The maximum Gasteiger partial charge on any atom is 0.262 e. The number of amides is 1. The highest BCUT2D eigenvalue weighted by Gasteiger charge is 2.06. The van der Waals surface area contributed by atoms with E-state index in [4.69, 9.17) is 9.47 Å².